The molecule has 0 aliphatic rings. The van der Waals surface area contributed by atoms with Crippen molar-refractivity contribution in [3.05, 3.63) is 34.9 Å². The van der Waals surface area contributed by atoms with Gasteiger partial charge in [-0.2, -0.15) is 5.26 Å². The molecule has 2 rings (SSSR count). The lowest BCUT2D eigenvalue weighted by molar-refractivity contribution is 0.188. The van der Waals surface area contributed by atoms with Crippen molar-refractivity contribution >= 4 is 28.3 Å². The van der Waals surface area contributed by atoms with Gasteiger partial charge in [0, 0.05) is 17.0 Å². The predicted octanol–water partition coefficient (Wildman–Crippen LogP) is 2.94. The minimum Gasteiger partial charge on any atom is -0.393 e. The van der Waals surface area contributed by atoms with Crippen molar-refractivity contribution in [3.8, 4) is 6.07 Å². The van der Waals surface area contributed by atoms with Crippen LogP contribution in [0.4, 0.5) is 5.82 Å². The van der Waals surface area contributed by atoms with Gasteiger partial charge in [0.25, 0.3) is 0 Å². The van der Waals surface area contributed by atoms with Crippen LogP contribution in [0.3, 0.4) is 0 Å². The topological polar surface area (TPSA) is 68.9 Å². The Labute approximate surface area is 116 Å². The molecule has 1 aromatic carbocycles. The third kappa shape index (κ3) is 3.34. The zero-order valence-electron chi connectivity index (χ0n) is 10.5. The quantitative estimate of drug-likeness (QED) is 0.900. The number of rotatable bonds is 4. The molecule has 0 amide bonds. The van der Waals surface area contributed by atoms with Crippen LogP contribution in [0.25, 0.3) is 10.9 Å². The molecule has 98 valence electrons. The fourth-order valence-corrected chi connectivity index (χ4v) is 1.96. The molecular formula is C14H14ClN3O. The summed E-state index contributed by atoms with van der Waals surface area (Å²) in [5.74, 6) is 0.632. The summed E-state index contributed by atoms with van der Waals surface area (Å²) in [5, 5.41) is 22.8. The Balaban J connectivity index is 2.32. The van der Waals surface area contributed by atoms with Gasteiger partial charge in [-0.3, -0.25) is 0 Å². The highest BCUT2D eigenvalue weighted by Crippen LogP contribution is 2.23. The summed E-state index contributed by atoms with van der Waals surface area (Å²) in [6.07, 6.45) is 0.268. The molecule has 1 aromatic heterocycles. The number of pyridine rings is 1. The lowest BCUT2D eigenvalue weighted by atomic mass is 10.1. The third-order valence-electron chi connectivity index (χ3n) is 2.76. The van der Waals surface area contributed by atoms with Crippen LogP contribution in [0, 0.1) is 11.3 Å². The van der Waals surface area contributed by atoms with Gasteiger partial charge in [0.2, 0.25) is 0 Å². The maximum atomic E-state index is 9.21. The number of halogens is 1. The molecule has 0 aliphatic heterocycles. The molecule has 1 heterocycles. The fraction of sp³-hybridized carbons (Fsp3) is 0.286. The Bertz CT molecular complexity index is 634. The summed E-state index contributed by atoms with van der Waals surface area (Å²) in [7, 11) is 0. The summed E-state index contributed by atoms with van der Waals surface area (Å²) in [6, 6.07) is 9.12. The molecule has 19 heavy (non-hydrogen) atoms. The van der Waals surface area contributed by atoms with Gasteiger partial charge in [-0.25, -0.2) is 4.98 Å². The number of hydrogen-bond donors (Lipinski definition) is 2. The van der Waals surface area contributed by atoms with E-state index in [1.807, 2.05) is 0 Å². The van der Waals surface area contributed by atoms with E-state index in [2.05, 4.69) is 16.4 Å². The highest BCUT2D eigenvalue weighted by molar-refractivity contribution is 6.31. The van der Waals surface area contributed by atoms with Crippen molar-refractivity contribution in [2.45, 2.75) is 19.4 Å². The minimum absolute atomic E-state index is 0.359. The highest BCUT2D eigenvalue weighted by atomic mass is 35.5. The van der Waals surface area contributed by atoms with Gasteiger partial charge in [-0.1, -0.05) is 11.6 Å². The minimum atomic E-state index is -0.359. The molecular weight excluding hydrogens is 262 g/mol. The van der Waals surface area contributed by atoms with E-state index in [4.69, 9.17) is 11.6 Å². The van der Waals surface area contributed by atoms with Crippen molar-refractivity contribution in [3.63, 3.8) is 0 Å². The van der Waals surface area contributed by atoms with Crippen LogP contribution in [-0.4, -0.2) is 22.7 Å². The Morgan fingerprint density at radius 2 is 2.26 bits per heavy atom. The number of aliphatic hydroxyl groups is 1. The SMILES string of the molecule is CC(O)CCNc1cc(C#N)c2cc(Cl)ccc2n1. The molecule has 0 spiro atoms. The first-order chi connectivity index (χ1) is 9.10. The normalized spacial score (nSPS) is 12.1. The van der Waals surface area contributed by atoms with Crippen LogP contribution in [-0.2, 0) is 0 Å². The second-order valence-electron chi connectivity index (χ2n) is 4.39. The number of nitriles is 1. The maximum Gasteiger partial charge on any atom is 0.127 e. The molecule has 0 saturated heterocycles. The number of anilines is 1. The van der Waals surface area contributed by atoms with Gasteiger partial charge < -0.3 is 10.4 Å². The van der Waals surface area contributed by atoms with Crippen molar-refractivity contribution in [1.29, 1.82) is 5.26 Å². The largest absolute Gasteiger partial charge is 0.393 e. The average molecular weight is 276 g/mol. The van der Waals surface area contributed by atoms with Gasteiger partial charge in [0.15, 0.2) is 0 Å². The van der Waals surface area contributed by atoms with Crippen LogP contribution in [0.15, 0.2) is 24.3 Å². The molecule has 5 heteroatoms. The van der Waals surface area contributed by atoms with Crippen LogP contribution in [0.2, 0.25) is 5.02 Å². The molecule has 0 saturated carbocycles. The van der Waals surface area contributed by atoms with Crippen molar-refractivity contribution < 1.29 is 5.11 Å². The van der Waals surface area contributed by atoms with E-state index in [9.17, 15) is 10.4 Å². The van der Waals surface area contributed by atoms with Crippen LogP contribution in [0.1, 0.15) is 18.9 Å². The molecule has 1 atom stereocenters. The maximum absolute atomic E-state index is 9.21. The lowest BCUT2D eigenvalue weighted by Gasteiger charge is -2.09. The van der Waals surface area contributed by atoms with E-state index >= 15 is 0 Å². The third-order valence-corrected chi connectivity index (χ3v) is 2.99. The van der Waals surface area contributed by atoms with Gasteiger partial charge in [0.1, 0.15) is 5.82 Å². The number of nitrogens with zero attached hydrogens (tertiary/aromatic N) is 2. The molecule has 0 radical (unpaired) electrons. The average Bonchev–Trinajstić information content (AvgIpc) is 2.37. The van der Waals surface area contributed by atoms with Gasteiger partial charge in [0.05, 0.1) is 23.3 Å². The first-order valence-corrected chi connectivity index (χ1v) is 6.40. The molecule has 2 N–H and O–H groups in total. The smallest absolute Gasteiger partial charge is 0.127 e. The number of fused-ring (bicyclic) bond motifs is 1. The number of benzene rings is 1. The Morgan fingerprint density at radius 3 is 2.95 bits per heavy atom. The Kier molecular flexibility index (Phi) is 4.20. The predicted molar refractivity (Wildman–Crippen MR) is 76.3 cm³/mol. The van der Waals surface area contributed by atoms with Crippen LogP contribution in [0.5, 0.6) is 0 Å². The molecule has 0 bridgehead atoms. The summed E-state index contributed by atoms with van der Waals surface area (Å²) in [4.78, 5) is 4.42. The van der Waals surface area contributed by atoms with Crippen molar-refractivity contribution in [2.75, 3.05) is 11.9 Å². The van der Waals surface area contributed by atoms with E-state index in [-0.39, 0.29) is 6.10 Å². The lowest BCUT2D eigenvalue weighted by Crippen LogP contribution is -2.10. The van der Waals surface area contributed by atoms with E-state index < -0.39 is 0 Å². The van der Waals surface area contributed by atoms with Gasteiger partial charge in [-0.05, 0) is 37.6 Å². The van der Waals surface area contributed by atoms with E-state index in [0.717, 1.165) is 10.9 Å². The standard InChI is InChI=1S/C14H14ClN3O/c1-9(19)4-5-17-14-6-10(8-16)12-7-11(15)2-3-13(12)18-14/h2-3,6-7,9,19H,4-5H2,1H3,(H,17,18). The summed E-state index contributed by atoms with van der Waals surface area (Å²) in [5.41, 5.74) is 1.26. The second kappa shape index (κ2) is 5.87. The number of nitrogens with one attached hydrogen (secondary N) is 1. The monoisotopic (exact) mass is 275 g/mol. The van der Waals surface area contributed by atoms with E-state index in [1.165, 1.54) is 0 Å². The zero-order valence-corrected chi connectivity index (χ0v) is 11.3. The van der Waals surface area contributed by atoms with E-state index in [0.29, 0.717) is 29.4 Å². The number of aromatic nitrogens is 1. The first-order valence-electron chi connectivity index (χ1n) is 6.02. The van der Waals surface area contributed by atoms with Crippen molar-refractivity contribution in [2.24, 2.45) is 0 Å². The van der Waals surface area contributed by atoms with Gasteiger partial charge in [-0.15, -0.1) is 0 Å². The first kappa shape index (κ1) is 13.6. The van der Waals surface area contributed by atoms with Gasteiger partial charge >= 0.3 is 0 Å². The Morgan fingerprint density at radius 1 is 1.47 bits per heavy atom. The molecule has 1 unspecified atom stereocenters. The molecule has 2 aromatic rings. The van der Waals surface area contributed by atoms with Crippen LogP contribution >= 0.6 is 11.6 Å². The second-order valence-corrected chi connectivity index (χ2v) is 4.83. The molecule has 0 aliphatic carbocycles. The summed E-state index contributed by atoms with van der Waals surface area (Å²) >= 11 is 5.93. The summed E-state index contributed by atoms with van der Waals surface area (Å²) in [6.45, 7) is 2.34. The van der Waals surface area contributed by atoms with E-state index in [1.54, 1.807) is 31.2 Å². The Hall–Kier alpha value is -1.83. The molecule has 4 nitrogen and oxygen atoms in total. The van der Waals surface area contributed by atoms with Crippen molar-refractivity contribution in [1.82, 2.24) is 4.98 Å². The highest BCUT2D eigenvalue weighted by Gasteiger charge is 2.06. The number of aliphatic hydroxyl groups excluding tert-OH is 1. The molecule has 0 fully saturated rings. The zero-order chi connectivity index (χ0) is 13.8. The number of hydrogen-bond acceptors (Lipinski definition) is 4. The fourth-order valence-electron chi connectivity index (χ4n) is 1.79. The summed E-state index contributed by atoms with van der Waals surface area (Å²) < 4.78 is 0. The van der Waals surface area contributed by atoms with Crippen LogP contribution < -0.4 is 5.32 Å².